The number of unbranched alkanes of at least 4 members (excludes halogenated alkanes) is 1. The van der Waals surface area contributed by atoms with Crippen LogP contribution in [0.15, 0.2) is 0 Å². The maximum Gasteiger partial charge on any atom is 0.0462 e. The zero-order chi connectivity index (χ0) is 10.1. The van der Waals surface area contributed by atoms with Gasteiger partial charge in [0.05, 0.1) is 0 Å². The number of hydrogen-bond acceptors (Lipinski definition) is 2. The van der Waals surface area contributed by atoms with Gasteiger partial charge in [-0.15, -0.1) is 0 Å². The van der Waals surface area contributed by atoms with Gasteiger partial charge < -0.3 is 10.1 Å². The quantitative estimate of drug-likeness (QED) is 0.687. The van der Waals surface area contributed by atoms with Crippen molar-refractivity contribution in [2.24, 2.45) is 5.92 Å². The van der Waals surface area contributed by atoms with Gasteiger partial charge in [0.1, 0.15) is 0 Å². The lowest BCUT2D eigenvalue weighted by atomic mass is 9.94. The third kappa shape index (κ3) is 5.61. The standard InChI is InChI=1S/C12H25NO/c1-14-10-6-4-8-12-7-3-2-5-9-13-11-12/h12-13H,2-11H2,1H3. The normalized spacial score (nSPS) is 24.2. The molecule has 0 aliphatic carbocycles. The second-order valence-corrected chi connectivity index (χ2v) is 4.41. The summed E-state index contributed by atoms with van der Waals surface area (Å²) < 4.78 is 5.06. The van der Waals surface area contributed by atoms with Crippen LogP contribution < -0.4 is 5.32 Å². The fraction of sp³-hybridized carbons (Fsp3) is 1.00. The Morgan fingerprint density at radius 1 is 1.21 bits per heavy atom. The maximum atomic E-state index is 5.06. The molecule has 0 bridgehead atoms. The zero-order valence-corrected chi connectivity index (χ0v) is 9.56. The van der Waals surface area contributed by atoms with Crippen LogP contribution in [-0.2, 0) is 4.74 Å². The highest BCUT2D eigenvalue weighted by molar-refractivity contribution is 4.66. The summed E-state index contributed by atoms with van der Waals surface area (Å²) in [5.74, 6) is 0.923. The molecule has 1 saturated heterocycles. The molecule has 0 spiro atoms. The van der Waals surface area contributed by atoms with E-state index in [1.54, 1.807) is 7.11 Å². The molecular formula is C12H25NO. The van der Waals surface area contributed by atoms with Crippen LogP contribution in [0.1, 0.15) is 44.9 Å². The Balaban J connectivity index is 2.02. The van der Waals surface area contributed by atoms with Gasteiger partial charge in [-0.3, -0.25) is 0 Å². The molecule has 0 radical (unpaired) electrons. The maximum absolute atomic E-state index is 5.06. The van der Waals surface area contributed by atoms with Gasteiger partial charge in [0.15, 0.2) is 0 Å². The minimum absolute atomic E-state index is 0.923. The average Bonchev–Trinajstić information content (AvgIpc) is 2.15. The summed E-state index contributed by atoms with van der Waals surface area (Å²) in [5, 5.41) is 3.55. The first kappa shape index (κ1) is 12.0. The Morgan fingerprint density at radius 3 is 3.00 bits per heavy atom. The Bertz CT molecular complexity index is 119. The van der Waals surface area contributed by atoms with Crippen molar-refractivity contribution in [1.29, 1.82) is 0 Å². The predicted molar refractivity (Wildman–Crippen MR) is 60.6 cm³/mol. The Morgan fingerprint density at radius 2 is 2.14 bits per heavy atom. The molecule has 1 heterocycles. The lowest BCUT2D eigenvalue weighted by molar-refractivity contribution is 0.189. The van der Waals surface area contributed by atoms with Gasteiger partial charge in [-0.1, -0.05) is 19.3 Å². The van der Waals surface area contributed by atoms with Crippen LogP contribution in [0.25, 0.3) is 0 Å². The van der Waals surface area contributed by atoms with E-state index in [0.29, 0.717) is 0 Å². The molecule has 1 rings (SSSR count). The third-order valence-corrected chi connectivity index (χ3v) is 3.11. The highest BCUT2D eigenvalue weighted by Gasteiger charge is 2.09. The first-order valence-corrected chi connectivity index (χ1v) is 6.13. The van der Waals surface area contributed by atoms with Crippen LogP contribution in [0.5, 0.6) is 0 Å². The molecule has 0 saturated carbocycles. The van der Waals surface area contributed by atoms with Crippen LogP contribution in [0.2, 0.25) is 0 Å². The molecule has 84 valence electrons. The highest BCUT2D eigenvalue weighted by atomic mass is 16.5. The van der Waals surface area contributed by atoms with Crippen molar-refractivity contribution < 1.29 is 4.74 Å². The van der Waals surface area contributed by atoms with Gasteiger partial charge in [-0.2, -0.15) is 0 Å². The molecule has 0 aromatic heterocycles. The molecule has 2 heteroatoms. The molecule has 2 nitrogen and oxygen atoms in total. The monoisotopic (exact) mass is 199 g/mol. The van der Waals surface area contributed by atoms with E-state index < -0.39 is 0 Å². The molecule has 0 aromatic rings. The summed E-state index contributed by atoms with van der Waals surface area (Å²) in [6.45, 7) is 3.40. The van der Waals surface area contributed by atoms with Crippen molar-refractivity contribution >= 4 is 0 Å². The lowest BCUT2D eigenvalue weighted by Gasteiger charge is -2.20. The first-order valence-electron chi connectivity index (χ1n) is 6.13. The summed E-state index contributed by atoms with van der Waals surface area (Å²) in [4.78, 5) is 0. The van der Waals surface area contributed by atoms with Crippen molar-refractivity contribution in [3.63, 3.8) is 0 Å². The van der Waals surface area contributed by atoms with E-state index in [9.17, 15) is 0 Å². The predicted octanol–water partition coefficient (Wildman–Crippen LogP) is 2.58. The second-order valence-electron chi connectivity index (χ2n) is 4.41. The minimum atomic E-state index is 0.923. The molecule has 14 heavy (non-hydrogen) atoms. The van der Waals surface area contributed by atoms with Crippen LogP contribution in [0.4, 0.5) is 0 Å². The first-order chi connectivity index (χ1) is 6.93. The molecule has 1 aliphatic rings. The smallest absolute Gasteiger partial charge is 0.0462 e. The van der Waals surface area contributed by atoms with Gasteiger partial charge in [0, 0.05) is 13.7 Å². The van der Waals surface area contributed by atoms with Gasteiger partial charge in [0.25, 0.3) is 0 Å². The molecule has 1 unspecified atom stereocenters. The van der Waals surface area contributed by atoms with E-state index in [1.165, 1.54) is 58.0 Å². The summed E-state index contributed by atoms with van der Waals surface area (Å²) in [5.41, 5.74) is 0. The molecular weight excluding hydrogens is 174 g/mol. The van der Waals surface area contributed by atoms with Crippen molar-refractivity contribution in [3.05, 3.63) is 0 Å². The van der Waals surface area contributed by atoms with E-state index in [2.05, 4.69) is 5.32 Å². The van der Waals surface area contributed by atoms with E-state index >= 15 is 0 Å². The summed E-state index contributed by atoms with van der Waals surface area (Å²) in [7, 11) is 1.79. The lowest BCUT2D eigenvalue weighted by Crippen LogP contribution is -2.25. The molecule has 0 amide bonds. The van der Waals surface area contributed by atoms with Crippen molar-refractivity contribution in [3.8, 4) is 0 Å². The van der Waals surface area contributed by atoms with Crippen LogP contribution in [0.3, 0.4) is 0 Å². The van der Waals surface area contributed by atoms with Gasteiger partial charge >= 0.3 is 0 Å². The van der Waals surface area contributed by atoms with E-state index in [0.717, 1.165) is 12.5 Å². The Kier molecular flexibility index (Phi) is 7.06. The van der Waals surface area contributed by atoms with E-state index in [4.69, 9.17) is 4.74 Å². The number of nitrogens with one attached hydrogen (secondary N) is 1. The summed E-state index contributed by atoms with van der Waals surface area (Å²) in [6.07, 6.45) is 9.61. The number of rotatable bonds is 5. The topological polar surface area (TPSA) is 21.3 Å². The molecule has 1 N–H and O–H groups in total. The molecule has 1 fully saturated rings. The average molecular weight is 199 g/mol. The molecule has 1 atom stereocenters. The van der Waals surface area contributed by atoms with Gasteiger partial charge in [-0.25, -0.2) is 0 Å². The largest absolute Gasteiger partial charge is 0.385 e. The Labute approximate surface area is 88.4 Å². The summed E-state index contributed by atoms with van der Waals surface area (Å²) in [6, 6.07) is 0. The number of hydrogen-bond donors (Lipinski definition) is 1. The van der Waals surface area contributed by atoms with Crippen molar-refractivity contribution in [2.45, 2.75) is 44.9 Å². The van der Waals surface area contributed by atoms with Crippen LogP contribution >= 0.6 is 0 Å². The zero-order valence-electron chi connectivity index (χ0n) is 9.56. The number of ether oxygens (including phenoxy) is 1. The van der Waals surface area contributed by atoms with Crippen molar-refractivity contribution in [2.75, 3.05) is 26.8 Å². The van der Waals surface area contributed by atoms with Gasteiger partial charge in [-0.05, 0) is 44.7 Å². The molecule has 1 aliphatic heterocycles. The third-order valence-electron chi connectivity index (χ3n) is 3.11. The van der Waals surface area contributed by atoms with E-state index in [1.807, 2.05) is 0 Å². The van der Waals surface area contributed by atoms with Crippen molar-refractivity contribution in [1.82, 2.24) is 5.32 Å². The van der Waals surface area contributed by atoms with Crippen LogP contribution in [0, 0.1) is 5.92 Å². The highest BCUT2D eigenvalue weighted by Crippen LogP contribution is 2.17. The minimum Gasteiger partial charge on any atom is -0.385 e. The number of methoxy groups -OCH3 is 1. The fourth-order valence-corrected chi connectivity index (χ4v) is 2.19. The Hall–Kier alpha value is -0.0800. The van der Waals surface area contributed by atoms with E-state index in [-0.39, 0.29) is 0 Å². The van der Waals surface area contributed by atoms with Gasteiger partial charge in [0.2, 0.25) is 0 Å². The second kappa shape index (κ2) is 8.25. The molecule has 0 aromatic carbocycles. The SMILES string of the molecule is COCCCCC1CCCCCNC1. The summed E-state index contributed by atoms with van der Waals surface area (Å²) >= 11 is 0. The fourth-order valence-electron chi connectivity index (χ4n) is 2.19. The van der Waals surface area contributed by atoms with Crippen LogP contribution in [-0.4, -0.2) is 26.8 Å².